The number of benzene rings is 1. The minimum Gasteiger partial charge on any atom is -0.496 e. The zero-order valence-corrected chi connectivity index (χ0v) is 8.62. The Balaban J connectivity index is 2.42. The third kappa shape index (κ3) is 1.67. The molecule has 0 aliphatic carbocycles. The molecule has 1 aliphatic heterocycles. The van der Waals surface area contributed by atoms with Crippen molar-refractivity contribution in [2.45, 2.75) is 0 Å². The normalized spacial score (nSPS) is 18.3. The Hall–Kier alpha value is -2.17. The number of rotatable bonds is 3. The highest BCUT2D eigenvalue weighted by molar-refractivity contribution is 6.23. The lowest BCUT2D eigenvalue weighted by Gasteiger charge is -2.10. The van der Waals surface area contributed by atoms with E-state index in [1.807, 2.05) is 6.07 Å². The smallest absolute Gasteiger partial charge is 0.318 e. The summed E-state index contributed by atoms with van der Waals surface area (Å²) in [5.41, 5.74) is 1.07. The van der Waals surface area contributed by atoms with Gasteiger partial charge in [-0.05, 0) is 12.1 Å². The van der Waals surface area contributed by atoms with Crippen LogP contribution in [0.15, 0.2) is 34.5 Å². The molecule has 0 amide bonds. The molecule has 0 aromatic heterocycles. The molecule has 1 atom stereocenters. The van der Waals surface area contributed by atoms with E-state index in [-0.39, 0.29) is 0 Å². The quantitative estimate of drug-likeness (QED) is 0.828. The van der Waals surface area contributed by atoms with E-state index < -0.39 is 11.9 Å². The number of carbonyl (C=O) groups is 1. The van der Waals surface area contributed by atoms with Crippen LogP contribution in [0.5, 0.6) is 5.75 Å². The number of hydrogen-bond acceptors (Lipinski definition) is 4. The highest BCUT2D eigenvalue weighted by atomic mass is 16.5. The zero-order valence-electron chi connectivity index (χ0n) is 8.62. The summed E-state index contributed by atoms with van der Waals surface area (Å²) in [6.45, 7) is 0. The topological polar surface area (TPSA) is 71.2 Å². The standard InChI is InChI=1S/C11H10N2O3/c1-16-9-5-3-2-4-7(9)10-8(11(14)15)6-12-13-10/h2-6,8H,1H3,(H,14,15)/t8-/m1/s1. The molecule has 0 bridgehead atoms. The molecule has 5 heteroatoms. The highest BCUT2D eigenvalue weighted by Crippen LogP contribution is 2.23. The van der Waals surface area contributed by atoms with Crippen LogP contribution in [-0.2, 0) is 4.79 Å². The van der Waals surface area contributed by atoms with Crippen LogP contribution in [0, 0.1) is 5.92 Å². The number of carboxylic acids is 1. The summed E-state index contributed by atoms with van der Waals surface area (Å²) in [5, 5.41) is 16.5. The van der Waals surface area contributed by atoms with Gasteiger partial charge in [0.1, 0.15) is 11.7 Å². The fourth-order valence-electron chi connectivity index (χ4n) is 1.55. The fourth-order valence-corrected chi connectivity index (χ4v) is 1.55. The van der Waals surface area contributed by atoms with Crippen LogP contribution in [0.2, 0.25) is 0 Å². The molecule has 1 aliphatic rings. The van der Waals surface area contributed by atoms with Gasteiger partial charge < -0.3 is 9.84 Å². The molecule has 1 heterocycles. The molecule has 1 aromatic carbocycles. The average molecular weight is 218 g/mol. The third-order valence-electron chi connectivity index (χ3n) is 2.32. The van der Waals surface area contributed by atoms with E-state index in [1.165, 1.54) is 13.3 Å². The number of para-hydroxylation sites is 1. The van der Waals surface area contributed by atoms with E-state index in [0.29, 0.717) is 17.0 Å². The summed E-state index contributed by atoms with van der Waals surface area (Å²) in [6, 6.07) is 7.14. The van der Waals surface area contributed by atoms with Gasteiger partial charge in [0.15, 0.2) is 0 Å². The minimum atomic E-state index is -0.967. The monoisotopic (exact) mass is 218 g/mol. The molecule has 0 fully saturated rings. The SMILES string of the molecule is COc1ccccc1C1=NN=C[C@H]1C(=O)O. The fraction of sp³-hybridized carbons (Fsp3) is 0.182. The lowest BCUT2D eigenvalue weighted by atomic mass is 9.98. The van der Waals surface area contributed by atoms with Crippen LogP contribution in [0.3, 0.4) is 0 Å². The van der Waals surface area contributed by atoms with Crippen molar-refractivity contribution < 1.29 is 14.6 Å². The average Bonchev–Trinajstić information content (AvgIpc) is 2.77. The Morgan fingerprint density at radius 3 is 2.88 bits per heavy atom. The van der Waals surface area contributed by atoms with Gasteiger partial charge in [-0.3, -0.25) is 4.79 Å². The van der Waals surface area contributed by atoms with E-state index in [1.54, 1.807) is 18.2 Å². The molecule has 0 spiro atoms. The van der Waals surface area contributed by atoms with Crippen LogP contribution >= 0.6 is 0 Å². The molecule has 1 aromatic rings. The Bertz CT molecular complexity index is 480. The van der Waals surface area contributed by atoms with Crippen LogP contribution in [0.1, 0.15) is 5.56 Å². The van der Waals surface area contributed by atoms with Crippen LogP contribution in [-0.4, -0.2) is 30.1 Å². The first-order chi connectivity index (χ1) is 7.74. The Morgan fingerprint density at radius 2 is 2.19 bits per heavy atom. The molecule has 0 saturated heterocycles. The van der Waals surface area contributed by atoms with Gasteiger partial charge in [-0.2, -0.15) is 10.2 Å². The third-order valence-corrected chi connectivity index (χ3v) is 2.32. The van der Waals surface area contributed by atoms with Gasteiger partial charge in [-0.15, -0.1) is 0 Å². The zero-order chi connectivity index (χ0) is 11.5. The number of nitrogens with zero attached hydrogens (tertiary/aromatic N) is 2. The van der Waals surface area contributed by atoms with Gasteiger partial charge in [0.25, 0.3) is 0 Å². The van der Waals surface area contributed by atoms with Gasteiger partial charge in [0.2, 0.25) is 0 Å². The molecule has 16 heavy (non-hydrogen) atoms. The van der Waals surface area contributed by atoms with Crippen molar-refractivity contribution in [1.29, 1.82) is 0 Å². The second-order valence-corrected chi connectivity index (χ2v) is 3.27. The molecular formula is C11H10N2O3. The van der Waals surface area contributed by atoms with Crippen molar-refractivity contribution in [3.8, 4) is 5.75 Å². The van der Waals surface area contributed by atoms with Crippen LogP contribution < -0.4 is 4.74 Å². The number of methoxy groups -OCH3 is 1. The van der Waals surface area contributed by atoms with Crippen molar-refractivity contribution in [2.24, 2.45) is 16.1 Å². The first kappa shape index (κ1) is 10.4. The molecule has 5 nitrogen and oxygen atoms in total. The maximum absolute atomic E-state index is 11.0. The summed E-state index contributed by atoms with van der Waals surface area (Å²) < 4.78 is 5.16. The lowest BCUT2D eigenvalue weighted by Crippen LogP contribution is -2.23. The first-order valence-electron chi connectivity index (χ1n) is 4.71. The second-order valence-electron chi connectivity index (χ2n) is 3.27. The molecule has 0 radical (unpaired) electrons. The van der Waals surface area contributed by atoms with Gasteiger partial charge in [-0.25, -0.2) is 0 Å². The summed E-state index contributed by atoms with van der Waals surface area (Å²) >= 11 is 0. The van der Waals surface area contributed by atoms with Gasteiger partial charge in [-0.1, -0.05) is 12.1 Å². The van der Waals surface area contributed by atoms with Crippen molar-refractivity contribution >= 4 is 17.9 Å². The summed E-state index contributed by atoms with van der Waals surface area (Å²) in [4.78, 5) is 11.0. The maximum Gasteiger partial charge on any atom is 0.318 e. The second kappa shape index (κ2) is 4.14. The predicted octanol–water partition coefficient (Wildman–Crippen LogP) is 1.18. The Morgan fingerprint density at radius 1 is 1.44 bits per heavy atom. The molecule has 82 valence electrons. The predicted molar refractivity (Wildman–Crippen MR) is 59.1 cm³/mol. The van der Waals surface area contributed by atoms with Crippen molar-refractivity contribution in [3.63, 3.8) is 0 Å². The lowest BCUT2D eigenvalue weighted by molar-refractivity contribution is -0.137. The minimum absolute atomic E-state index is 0.407. The van der Waals surface area contributed by atoms with Crippen LogP contribution in [0.4, 0.5) is 0 Å². The van der Waals surface area contributed by atoms with Gasteiger partial charge >= 0.3 is 5.97 Å². The molecular weight excluding hydrogens is 208 g/mol. The van der Waals surface area contributed by atoms with Gasteiger partial charge in [0.05, 0.1) is 12.8 Å². The van der Waals surface area contributed by atoms with E-state index >= 15 is 0 Å². The molecule has 0 unspecified atom stereocenters. The maximum atomic E-state index is 11.0. The van der Waals surface area contributed by atoms with Gasteiger partial charge in [0, 0.05) is 11.8 Å². The van der Waals surface area contributed by atoms with E-state index in [0.717, 1.165) is 0 Å². The van der Waals surface area contributed by atoms with E-state index in [2.05, 4.69) is 10.2 Å². The van der Waals surface area contributed by atoms with Crippen LogP contribution in [0.25, 0.3) is 0 Å². The van der Waals surface area contributed by atoms with Crippen molar-refractivity contribution in [2.75, 3.05) is 7.11 Å². The Labute approximate surface area is 92.1 Å². The summed E-state index contributed by atoms with van der Waals surface area (Å²) in [7, 11) is 1.53. The number of carboxylic acid groups (broad SMARTS) is 1. The number of ether oxygens (including phenoxy) is 1. The first-order valence-corrected chi connectivity index (χ1v) is 4.71. The van der Waals surface area contributed by atoms with E-state index in [9.17, 15) is 4.79 Å². The van der Waals surface area contributed by atoms with E-state index in [4.69, 9.17) is 9.84 Å². The van der Waals surface area contributed by atoms with Crippen molar-refractivity contribution in [1.82, 2.24) is 0 Å². The molecule has 0 saturated carbocycles. The number of hydrogen-bond donors (Lipinski definition) is 1. The molecule has 2 rings (SSSR count). The largest absolute Gasteiger partial charge is 0.496 e. The molecule has 1 N–H and O–H groups in total. The summed E-state index contributed by atoms with van der Waals surface area (Å²) in [6.07, 6.45) is 1.31. The summed E-state index contributed by atoms with van der Waals surface area (Å²) in [5.74, 6) is -1.17. The number of aliphatic carboxylic acids is 1. The highest BCUT2D eigenvalue weighted by Gasteiger charge is 2.28. The Kier molecular flexibility index (Phi) is 2.68. The van der Waals surface area contributed by atoms with Crippen molar-refractivity contribution in [3.05, 3.63) is 29.8 Å².